The number of anilines is 2. The molecule has 0 spiro atoms. The number of carbonyl (C=O) groups is 1. The second-order valence-electron chi connectivity index (χ2n) is 8.24. The molecule has 0 aromatic carbocycles. The molecule has 1 aliphatic heterocycles. The molecule has 32 heavy (non-hydrogen) atoms. The SMILES string of the molecule is Cn1cc(Nc2nccc(-c3cnn(C4(CC#N)CN(C(=O)C5CC5(F)F)C4)c3)n2)cn1. The summed E-state index contributed by atoms with van der Waals surface area (Å²) in [6.45, 7) is 0.343. The Bertz CT molecular complexity index is 1220. The van der Waals surface area contributed by atoms with Crippen LogP contribution in [0.25, 0.3) is 11.3 Å². The van der Waals surface area contributed by atoms with Crippen LogP contribution in [-0.4, -0.2) is 59.3 Å². The van der Waals surface area contributed by atoms with Crippen LogP contribution in [-0.2, 0) is 17.4 Å². The zero-order valence-corrected chi connectivity index (χ0v) is 17.1. The van der Waals surface area contributed by atoms with Crippen molar-refractivity contribution in [3.63, 3.8) is 0 Å². The van der Waals surface area contributed by atoms with Gasteiger partial charge in [0.2, 0.25) is 11.9 Å². The van der Waals surface area contributed by atoms with E-state index < -0.39 is 29.7 Å². The minimum Gasteiger partial charge on any atom is -0.337 e. The molecule has 1 amide bonds. The summed E-state index contributed by atoms with van der Waals surface area (Å²) in [5, 5.41) is 20.9. The number of nitrogens with one attached hydrogen (secondary N) is 1. The molecule has 3 aromatic heterocycles. The number of aryl methyl sites for hydroxylation is 1. The smallest absolute Gasteiger partial charge is 0.260 e. The number of carbonyl (C=O) groups excluding carboxylic acids is 1. The van der Waals surface area contributed by atoms with Crippen molar-refractivity contribution in [3.8, 4) is 17.3 Å². The molecule has 1 atom stereocenters. The zero-order valence-electron chi connectivity index (χ0n) is 17.1. The van der Waals surface area contributed by atoms with Crippen LogP contribution in [0.15, 0.2) is 37.1 Å². The van der Waals surface area contributed by atoms with E-state index in [1.165, 1.54) is 4.90 Å². The van der Waals surface area contributed by atoms with E-state index in [1.54, 1.807) is 53.5 Å². The third-order valence-electron chi connectivity index (χ3n) is 5.80. The summed E-state index contributed by atoms with van der Waals surface area (Å²) < 4.78 is 29.8. The zero-order chi connectivity index (χ0) is 22.5. The molecule has 0 bridgehead atoms. The summed E-state index contributed by atoms with van der Waals surface area (Å²) >= 11 is 0. The van der Waals surface area contributed by atoms with Crippen LogP contribution in [0.1, 0.15) is 12.8 Å². The van der Waals surface area contributed by atoms with Gasteiger partial charge in [0.1, 0.15) is 11.5 Å². The van der Waals surface area contributed by atoms with E-state index in [4.69, 9.17) is 0 Å². The second-order valence-corrected chi connectivity index (χ2v) is 8.24. The van der Waals surface area contributed by atoms with Crippen LogP contribution in [0.2, 0.25) is 0 Å². The predicted octanol–water partition coefficient (Wildman–Crippen LogP) is 1.92. The van der Waals surface area contributed by atoms with Gasteiger partial charge in [-0.2, -0.15) is 15.5 Å². The Morgan fingerprint density at radius 2 is 2.09 bits per heavy atom. The fourth-order valence-corrected chi connectivity index (χ4v) is 3.92. The maximum atomic E-state index is 13.3. The topological polar surface area (TPSA) is 118 Å². The standard InChI is InChI=1S/C20H19F2N9O/c1-29-10-14(8-25-29)27-18-24-5-2-16(28-18)13-7-26-31(9-13)19(3-4-23)11-30(12-19)17(32)15-6-20(15,21)22/h2,5,7-10,15H,3,6,11-12H2,1H3,(H,24,27,28). The van der Waals surface area contributed by atoms with Gasteiger partial charge in [0.05, 0.1) is 36.3 Å². The lowest BCUT2D eigenvalue weighted by Gasteiger charge is -2.49. The molecule has 12 heteroatoms. The Kier molecular flexibility index (Phi) is 4.44. The third-order valence-corrected chi connectivity index (χ3v) is 5.80. The van der Waals surface area contributed by atoms with Crippen molar-refractivity contribution in [1.82, 2.24) is 34.4 Å². The van der Waals surface area contributed by atoms with E-state index >= 15 is 0 Å². The Morgan fingerprint density at radius 1 is 1.31 bits per heavy atom. The van der Waals surface area contributed by atoms with Gasteiger partial charge in [-0.25, -0.2) is 18.7 Å². The van der Waals surface area contributed by atoms with Gasteiger partial charge in [-0.05, 0) is 6.07 Å². The maximum Gasteiger partial charge on any atom is 0.260 e. The highest BCUT2D eigenvalue weighted by Gasteiger charge is 2.64. The van der Waals surface area contributed by atoms with E-state index in [1.807, 2.05) is 0 Å². The highest BCUT2D eigenvalue weighted by atomic mass is 19.3. The third kappa shape index (κ3) is 3.45. The molecule has 1 aliphatic carbocycles. The van der Waals surface area contributed by atoms with Crippen LogP contribution in [0, 0.1) is 17.2 Å². The number of aromatic nitrogens is 6. The Balaban J connectivity index is 1.33. The molecule has 3 aromatic rings. The summed E-state index contributed by atoms with van der Waals surface area (Å²) in [7, 11) is 1.80. The minimum atomic E-state index is -2.90. The maximum absolute atomic E-state index is 13.3. The molecular formula is C20H19F2N9O. The van der Waals surface area contributed by atoms with Gasteiger partial charge in [0, 0.05) is 50.7 Å². The highest BCUT2D eigenvalue weighted by Crippen LogP contribution is 2.50. The molecule has 1 saturated heterocycles. The molecular weight excluding hydrogens is 420 g/mol. The van der Waals surface area contributed by atoms with E-state index in [0.717, 1.165) is 5.69 Å². The Morgan fingerprint density at radius 3 is 2.75 bits per heavy atom. The average molecular weight is 439 g/mol. The second kappa shape index (κ2) is 7.08. The van der Waals surface area contributed by atoms with E-state index in [-0.39, 0.29) is 19.5 Å². The summed E-state index contributed by atoms with van der Waals surface area (Å²) in [5.41, 5.74) is 1.33. The van der Waals surface area contributed by atoms with E-state index in [2.05, 4.69) is 31.6 Å². The van der Waals surface area contributed by atoms with Gasteiger partial charge in [0.25, 0.3) is 5.92 Å². The van der Waals surface area contributed by atoms with Crippen molar-refractivity contribution in [3.05, 3.63) is 37.1 Å². The van der Waals surface area contributed by atoms with Gasteiger partial charge in [-0.3, -0.25) is 14.2 Å². The first-order valence-corrected chi connectivity index (χ1v) is 9.97. The number of amides is 1. The summed E-state index contributed by atoms with van der Waals surface area (Å²) in [6.07, 6.45) is 8.14. The monoisotopic (exact) mass is 439 g/mol. The number of nitriles is 1. The van der Waals surface area contributed by atoms with Crippen molar-refractivity contribution in [2.45, 2.75) is 24.3 Å². The van der Waals surface area contributed by atoms with Gasteiger partial charge in [-0.15, -0.1) is 0 Å². The lowest BCUT2D eigenvalue weighted by atomic mass is 9.86. The molecule has 0 radical (unpaired) electrons. The van der Waals surface area contributed by atoms with Gasteiger partial charge in [0.15, 0.2) is 0 Å². The molecule has 10 nitrogen and oxygen atoms in total. The van der Waals surface area contributed by atoms with Crippen LogP contribution < -0.4 is 5.32 Å². The van der Waals surface area contributed by atoms with Crippen molar-refractivity contribution in [2.24, 2.45) is 13.0 Å². The van der Waals surface area contributed by atoms with E-state index in [9.17, 15) is 18.8 Å². The number of nitrogens with zero attached hydrogens (tertiary/aromatic N) is 8. The molecule has 2 aliphatic rings. The normalized spacial score (nSPS) is 20.3. The number of rotatable bonds is 6. The van der Waals surface area contributed by atoms with Crippen LogP contribution in [0.4, 0.5) is 20.4 Å². The molecule has 4 heterocycles. The van der Waals surface area contributed by atoms with Gasteiger partial charge in [-0.1, -0.05) is 0 Å². The minimum absolute atomic E-state index is 0.108. The Labute approximate surface area is 181 Å². The summed E-state index contributed by atoms with van der Waals surface area (Å²) in [4.78, 5) is 22.3. The molecule has 164 valence electrons. The fourth-order valence-electron chi connectivity index (χ4n) is 3.92. The molecule has 1 unspecified atom stereocenters. The van der Waals surface area contributed by atoms with Crippen LogP contribution in [0.3, 0.4) is 0 Å². The molecule has 2 fully saturated rings. The molecule has 5 rings (SSSR count). The average Bonchev–Trinajstić information content (AvgIpc) is 3.09. The van der Waals surface area contributed by atoms with Crippen molar-refractivity contribution >= 4 is 17.5 Å². The van der Waals surface area contributed by atoms with Gasteiger partial charge < -0.3 is 10.2 Å². The first-order valence-electron chi connectivity index (χ1n) is 9.97. The lowest BCUT2D eigenvalue weighted by molar-refractivity contribution is -0.146. The van der Waals surface area contributed by atoms with Crippen molar-refractivity contribution < 1.29 is 13.6 Å². The quantitative estimate of drug-likeness (QED) is 0.624. The summed E-state index contributed by atoms with van der Waals surface area (Å²) in [5.74, 6) is -4.31. The van der Waals surface area contributed by atoms with Crippen molar-refractivity contribution in [2.75, 3.05) is 18.4 Å². The molecule has 1 saturated carbocycles. The van der Waals surface area contributed by atoms with Gasteiger partial charge >= 0.3 is 0 Å². The van der Waals surface area contributed by atoms with E-state index in [0.29, 0.717) is 17.2 Å². The highest BCUT2D eigenvalue weighted by molar-refractivity contribution is 5.84. The number of alkyl halides is 2. The largest absolute Gasteiger partial charge is 0.337 e. The first kappa shape index (κ1) is 20.0. The van der Waals surface area contributed by atoms with Crippen LogP contribution in [0.5, 0.6) is 0 Å². The number of hydrogen-bond donors (Lipinski definition) is 1. The van der Waals surface area contributed by atoms with Crippen LogP contribution >= 0.6 is 0 Å². The number of halogens is 2. The predicted molar refractivity (Wildman–Crippen MR) is 108 cm³/mol. The summed E-state index contributed by atoms with van der Waals surface area (Å²) in [6, 6.07) is 3.86. The first-order chi connectivity index (χ1) is 15.3. The fraction of sp³-hybridized carbons (Fsp3) is 0.400. The van der Waals surface area contributed by atoms with Crippen molar-refractivity contribution in [1.29, 1.82) is 5.26 Å². The lowest BCUT2D eigenvalue weighted by Crippen LogP contribution is -2.64. The number of hydrogen-bond acceptors (Lipinski definition) is 7. The molecule has 1 N–H and O–H groups in total. The Hall–Kier alpha value is -3.88. The number of likely N-dealkylation sites (tertiary alicyclic amines) is 1.